The molecule has 1 aliphatic heterocycles. The molecule has 0 unspecified atom stereocenters. The van der Waals surface area contributed by atoms with E-state index < -0.39 is 51.0 Å². The highest BCUT2D eigenvalue weighted by molar-refractivity contribution is 7.92. The highest BCUT2D eigenvalue weighted by atomic mass is 32.2. The Morgan fingerprint density at radius 2 is 1.66 bits per heavy atom. The topological polar surface area (TPSA) is 54.5 Å². The number of carbonyl (C=O) groups is 1. The van der Waals surface area contributed by atoms with Crippen LogP contribution < -0.4 is 0 Å². The second-order valence-corrected chi connectivity index (χ2v) is 9.36. The van der Waals surface area contributed by atoms with Crippen LogP contribution in [0.5, 0.6) is 0 Å². The van der Waals surface area contributed by atoms with Crippen LogP contribution in [0.25, 0.3) is 11.1 Å². The molecule has 12 heteroatoms. The summed E-state index contributed by atoms with van der Waals surface area (Å²) >= 11 is 0. The Morgan fingerprint density at radius 1 is 0.969 bits per heavy atom. The van der Waals surface area contributed by atoms with Crippen molar-refractivity contribution in [2.75, 3.05) is 12.3 Å². The standard InChI is InChI=1S/C20H16F7NO3S/c21-17-10-15(19(22,23)24)3-4-16(17)13-1-2-14-11-28(7-5-12(14)9-13)18(29)6-8-32(30,31)20(25,26)27/h1-4,9-10H,5-8,11H2. The maximum Gasteiger partial charge on any atom is 0.497 e. The third-order valence-corrected chi connectivity index (χ3v) is 6.56. The maximum atomic E-state index is 14.2. The fourth-order valence-electron chi connectivity index (χ4n) is 3.35. The number of hydrogen-bond acceptors (Lipinski definition) is 3. The number of nitrogens with zero attached hydrogens (tertiary/aromatic N) is 1. The highest BCUT2D eigenvalue weighted by Gasteiger charge is 2.45. The largest absolute Gasteiger partial charge is 0.497 e. The average Bonchev–Trinajstić information content (AvgIpc) is 2.69. The Balaban J connectivity index is 1.73. The minimum absolute atomic E-state index is 0.0238. The maximum absolute atomic E-state index is 14.2. The van der Waals surface area contributed by atoms with E-state index >= 15 is 0 Å². The third-order valence-electron chi connectivity index (χ3n) is 5.12. The number of carbonyl (C=O) groups excluding carboxylic acids is 1. The van der Waals surface area contributed by atoms with Crippen molar-refractivity contribution in [2.24, 2.45) is 0 Å². The van der Waals surface area contributed by atoms with E-state index in [1.54, 1.807) is 12.1 Å². The zero-order chi connectivity index (χ0) is 23.9. The van der Waals surface area contributed by atoms with E-state index in [0.717, 1.165) is 12.1 Å². The number of halogens is 7. The summed E-state index contributed by atoms with van der Waals surface area (Å²) < 4.78 is 112. The number of hydrogen-bond donors (Lipinski definition) is 0. The van der Waals surface area contributed by atoms with E-state index in [0.29, 0.717) is 22.8 Å². The predicted octanol–water partition coefficient (Wildman–Crippen LogP) is 4.72. The summed E-state index contributed by atoms with van der Waals surface area (Å²) in [7, 11) is -5.40. The first-order valence-corrected chi connectivity index (χ1v) is 10.9. The van der Waals surface area contributed by atoms with Crippen LogP contribution in [0.2, 0.25) is 0 Å². The zero-order valence-corrected chi connectivity index (χ0v) is 17.0. The molecule has 0 N–H and O–H groups in total. The van der Waals surface area contributed by atoms with Gasteiger partial charge in [-0.15, -0.1) is 0 Å². The smallest absolute Gasteiger partial charge is 0.338 e. The quantitative estimate of drug-likeness (QED) is 0.592. The molecule has 0 aromatic heterocycles. The first-order chi connectivity index (χ1) is 14.7. The van der Waals surface area contributed by atoms with Gasteiger partial charge in [0.05, 0.1) is 11.3 Å². The summed E-state index contributed by atoms with van der Waals surface area (Å²) in [6.45, 7) is 0.132. The summed E-state index contributed by atoms with van der Waals surface area (Å²) in [5.41, 5.74) is -4.90. The van der Waals surface area contributed by atoms with E-state index in [-0.39, 0.29) is 25.1 Å². The van der Waals surface area contributed by atoms with Crippen LogP contribution in [0.1, 0.15) is 23.1 Å². The Morgan fingerprint density at radius 3 is 2.25 bits per heavy atom. The van der Waals surface area contributed by atoms with Gasteiger partial charge in [0, 0.05) is 25.1 Å². The van der Waals surface area contributed by atoms with Gasteiger partial charge in [-0.3, -0.25) is 4.79 Å². The summed E-state index contributed by atoms with van der Waals surface area (Å²) in [6.07, 6.45) is -5.22. The van der Waals surface area contributed by atoms with Crippen molar-refractivity contribution in [3.63, 3.8) is 0 Å². The zero-order valence-electron chi connectivity index (χ0n) is 16.2. The average molecular weight is 483 g/mol. The second kappa shape index (κ2) is 8.38. The Labute approximate surface area is 178 Å². The first kappa shape index (κ1) is 24.0. The van der Waals surface area contributed by atoms with Gasteiger partial charge in [0.15, 0.2) is 0 Å². The molecule has 1 heterocycles. The molecule has 0 atom stereocenters. The summed E-state index contributed by atoms with van der Waals surface area (Å²) in [6, 6.07) is 6.80. The molecule has 0 spiro atoms. The van der Waals surface area contributed by atoms with Gasteiger partial charge in [0.25, 0.3) is 0 Å². The third kappa shape index (κ3) is 5.05. The fourth-order valence-corrected chi connectivity index (χ4v) is 4.03. The van der Waals surface area contributed by atoms with E-state index in [9.17, 15) is 43.9 Å². The molecule has 174 valence electrons. The van der Waals surface area contributed by atoms with Crippen molar-refractivity contribution in [1.29, 1.82) is 0 Å². The molecular formula is C20H16F7NO3S. The normalized spacial score (nSPS) is 14.9. The Hall–Kier alpha value is -2.63. The lowest BCUT2D eigenvalue weighted by Crippen LogP contribution is -2.37. The van der Waals surface area contributed by atoms with E-state index in [2.05, 4.69) is 0 Å². The van der Waals surface area contributed by atoms with Gasteiger partial charge in [0.1, 0.15) is 5.82 Å². The van der Waals surface area contributed by atoms with Gasteiger partial charge >= 0.3 is 11.7 Å². The van der Waals surface area contributed by atoms with Gasteiger partial charge in [-0.05, 0) is 35.2 Å². The monoisotopic (exact) mass is 483 g/mol. The minimum atomic E-state index is -5.42. The lowest BCUT2D eigenvalue weighted by Gasteiger charge is -2.29. The highest BCUT2D eigenvalue weighted by Crippen LogP contribution is 2.34. The van der Waals surface area contributed by atoms with Crippen LogP contribution in [-0.4, -0.2) is 37.0 Å². The van der Waals surface area contributed by atoms with Crippen LogP contribution in [0, 0.1) is 5.82 Å². The van der Waals surface area contributed by atoms with Crippen molar-refractivity contribution in [2.45, 2.75) is 31.1 Å². The molecule has 1 aliphatic rings. The van der Waals surface area contributed by atoms with Gasteiger partial charge in [-0.2, -0.15) is 26.3 Å². The molecule has 2 aromatic rings. The van der Waals surface area contributed by atoms with Crippen molar-refractivity contribution < 1.29 is 43.9 Å². The summed E-state index contributed by atoms with van der Waals surface area (Å²) in [4.78, 5) is 13.4. The molecule has 0 saturated carbocycles. The molecule has 32 heavy (non-hydrogen) atoms. The van der Waals surface area contributed by atoms with Crippen molar-refractivity contribution >= 4 is 15.7 Å². The Kier molecular flexibility index (Phi) is 6.29. The van der Waals surface area contributed by atoms with Crippen LogP contribution in [0.3, 0.4) is 0 Å². The number of fused-ring (bicyclic) bond motifs is 1. The molecule has 0 radical (unpaired) electrons. The number of benzene rings is 2. The van der Waals surface area contributed by atoms with Crippen LogP contribution in [0.15, 0.2) is 36.4 Å². The first-order valence-electron chi connectivity index (χ1n) is 9.25. The molecule has 4 nitrogen and oxygen atoms in total. The number of rotatable bonds is 4. The van der Waals surface area contributed by atoms with Crippen molar-refractivity contribution in [1.82, 2.24) is 4.90 Å². The van der Waals surface area contributed by atoms with Crippen molar-refractivity contribution in [3.8, 4) is 11.1 Å². The van der Waals surface area contributed by atoms with Gasteiger partial charge in [0.2, 0.25) is 15.7 Å². The molecule has 0 saturated heterocycles. The Bertz CT molecular complexity index is 1140. The van der Waals surface area contributed by atoms with Gasteiger partial charge in [-0.25, -0.2) is 12.8 Å². The molecule has 2 aromatic carbocycles. The second-order valence-electron chi connectivity index (χ2n) is 7.26. The molecule has 0 aliphatic carbocycles. The molecule has 3 rings (SSSR count). The van der Waals surface area contributed by atoms with Crippen LogP contribution in [0.4, 0.5) is 30.7 Å². The van der Waals surface area contributed by atoms with E-state index in [1.807, 2.05) is 0 Å². The van der Waals surface area contributed by atoms with E-state index in [1.165, 1.54) is 11.0 Å². The minimum Gasteiger partial charge on any atom is -0.338 e. The van der Waals surface area contributed by atoms with Crippen molar-refractivity contribution in [3.05, 3.63) is 58.9 Å². The molecule has 1 amide bonds. The molecule has 0 fully saturated rings. The number of amides is 1. The predicted molar refractivity (Wildman–Crippen MR) is 100 cm³/mol. The lowest BCUT2D eigenvalue weighted by molar-refractivity contribution is -0.137. The number of alkyl halides is 6. The van der Waals surface area contributed by atoms with Gasteiger partial charge < -0.3 is 4.90 Å². The van der Waals surface area contributed by atoms with E-state index in [4.69, 9.17) is 0 Å². The SMILES string of the molecule is O=C(CCS(=O)(=O)C(F)(F)F)N1CCc2cc(-c3ccc(C(F)(F)F)cc3F)ccc2C1. The van der Waals surface area contributed by atoms with Crippen LogP contribution >= 0.6 is 0 Å². The molecular weight excluding hydrogens is 467 g/mol. The fraction of sp³-hybridized carbons (Fsp3) is 0.350. The summed E-state index contributed by atoms with van der Waals surface area (Å²) in [5, 5.41) is 0. The van der Waals surface area contributed by atoms with Crippen LogP contribution in [-0.2, 0) is 33.8 Å². The number of sulfone groups is 1. The lowest BCUT2D eigenvalue weighted by atomic mass is 9.94. The van der Waals surface area contributed by atoms with Gasteiger partial charge in [-0.1, -0.05) is 24.3 Å². The molecule has 0 bridgehead atoms. The summed E-state index contributed by atoms with van der Waals surface area (Å²) in [5.74, 6) is -3.13.